The lowest BCUT2D eigenvalue weighted by Crippen LogP contribution is -2.22. The Morgan fingerprint density at radius 3 is 2.88 bits per heavy atom. The van der Waals surface area contributed by atoms with Gasteiger partial charge in [0.2, 0.25) is 0 Å². The molecule has 0 fully saturated rings. The third kappa shape index (κ3) is 1.15. The van der Waals surface area contributed by atoms with Gasteiger partial charge in [0.1, 0.15) is 5.65 Å². The molecule has 16 heavy (non-hydrogen) atoms. The Morgan fingerprint density at radius 1 is 1.25 bits per heavy atom. The number of imide groups is 1. The molecular weight excluding hydrogens is 206 g/mol. The van der Waals surface area contributed by atoms with Crippen LogP contribution in [0.25, 0.3) is 11.2 Å². The van der Waals surface area contributed by atoms with Gasteiger partial charge in [-0.25, -0.2) is 4.98 Å². The molecule has 0 aliphatic carbocycles. The second-order valence-electron chi connectivity index (χ2n) is 3.44. The lowest BCUT2D eigenvalue weighted by molar-refractivity contribution is -0.123. The van der Waals surface area contributed by atoms with Gasteiger partial charge >= 0.3 is 0 Å². The zero-order valence-electron chi connectivity index (χ0n) is 8.18. The van der Waals surface area contributed by atoms with Crippen molar-refractivity contribution in [2.45, 2.75) is 0 Å². The summed E-state index contributed by atoms with van der Waals surface area (Å²) in [5.74, 6) is -0.747. The summed E-state index contributed by atoms with van der Waals surface area (Å²) in [6.07, 6.45) is 4.70. The smallest absolute Gasteiger partial charge is 0.260 e. The van der Waals surface area contributed by atoms with E-state index < -0.39 is 0 Å². The Kier molecular flexibility index (Phi) is 1.67. The number of hydrogen-bond donors (Lipinski definition) is 1. The minimum atomic E-state index is -0.378. The highest BCUT2D eigenvalue weighted by atomic mass is 16.2. The van der Waals surface area contributed by atoms with Crippen molar-refractivity contribution in [1.29, 1.82) is 0 Å². The Bertz CT molecular complexity index is 639. The normalized spacial score (nSPS) is 15.4. The van der Waals surface area contributed by atoms with Gasteiger partial charge in [0, 0.05) is 18.5 Å². The van der Waals surface area contributed by atoms with Crippen LogP contribution in [-0.4, -0.2) is 21.2 Å². The Balaban J connectivity index is 2.27. The zero-order chi connectivity index (χ0) is 11.1. The van der Waals surface area contributed by atoms with Gasteiger partial charge in [0.15, 0.2) is 0 Å². The number of rotatable bonds is 1. The fourth-order valence-electron chi connectivity index (χ4n) is 1.77. The van der Waals surface area contributed by atoms with Crippen LogP contribution in [0.4, 0.5) is 0 Å². The Hall–Kier alpha value is -2.43. The highest BCUT2D eigenvalue weighted by molar-refractivity contribution is 6.33. The van der Waals surface area contributed by atoms with Gasteiger partial charge in [-0.05, 0) is 12.1 Å². The number of hydrogen-bond acceptors (Lipinski definition) is 3. The Morgan fingerprint density at radius 2 is 2.12 bits per heavy atom. The molecule has 0 radical (unpaired) electrons. The van der Waals surface area contributed by atoms with Gasteiger partial charge in [-0.15, -0.1) is 0 Å². The molecule has 5 heteroatoms. The first-order valence-electron chi connectivity index (χ1n) is 4.75. The number of carbonyl (C=O) groups is 2. The SMILES string of the molecule is O=C1C=C(c2cccc3nccn23)C(=O)N1. The number of nitrogens with one attached hydrogen (secondary N) is 1. The molecule has 2 aromatic heterocycles. The maximum absolute atomic E-state index is 11.5. The van der Waals surface area contributed by atoms with E-state index in [1.807, 2.05) is 6.07 Å². The third-order valence-corrected chi connectivity index (χ3v) is 2.46. The molecule has 2 aromatic rings. The van der Waals surface area contributed by atoms with Gasteiger partial charge in [0.05, 0.1) is 11.3 Å². The summed E-state index contributed by atoms with van der Waals surface area (Å²) in [4.78, 5) is 26.7. The quantitative estimate of drug-likeness (QED) is 0.696. The van der Waals surface area contributed by atoms with E-state index in [0.29, 0.717) is 11.3 Å². The fraction of sp³-hybridized carbons (Fsp3) is 0. The van der Waals surface area contributed by atoms with Crippen molar-refractivity contribution in [2.75, 3.05) is 0 Å². The minimum Gasteiger partial charge on any atom is -0.299 e. The molecule has 0 spiro atoms. The van der Waals surface area contributed by atoms with E-state index in [-0.39, 0.29) is 11.8 Å². The van der Waals surface area contributed by atoms with Crippen molar-refractivity contribution < 1.29 is 9.59 Å². The van der Waals surface area contributed by atoms with Crippen LogP contribution in [0.2, 0.25) is 0 Å². The van der Waals surface area contributed by atoms with E-state index in [1.165, 1.54) is 6.08 Å². The number of imidazole rings is 1. The average Bonchev–Trinajstić information content (AvgIpc) is 2.84. The summed E-state index contributed by atoms with van der Waals surface area (Å²) in [6, 6.07) is 5.41. The minimum absolute atomic E-state index is 0.369. The van der Waals surface area contributed by atoms with Crippen molar-refractivity contribution in [3.05, 3.63) is 42.4 Å². The lowest BCUT2D eigenvalue weighted by Gasteiger charge is -2.03. The van der Waals surface area contributed by atoms with Crippen LogP contribution in [0.15, 0.2) is 36.7 Å². The predicted molar refractivity (Wildman–Crippen MR) is 56.3 cm³/mol. The maximum atomic E-state index is 11.5. The van der Waals surface area contributed by atoms with E-state index in [4.69, 9.17) is 0 Å². The first-order valence-corrected chi connectivity index (χ1v) is 4.75. The largest absolute Gasteiger partial charge is 0.299 e. The zero-order valence-corrected chi connectivity index (χ0v) is 8.18. The second-order valence-corrected chi connectivity index (χ2v) is 3.44. The van der Waals surface area contributed by atoms with Crippen molar-refractivity contribution in [1.82, 2.24) is 14.7 Å². The van der Waals surface area contributed by atoms with Crippen LogP contribution >= 0.6 is 0 Å². The highest BCUT2D eigenvalue weighted by Crippen LogP contribution is 2.19. The van der Waals surface area contributed by atoms with Crippen LogP contribution in [0.1, 0.15) is 5.69 Å². The summed E-state index contributed by atoms with van der Waals surface area (Å²) in [5, 5.41) is 2.22. The first-order chi connectivity index (χ1) is 7.75. The van der Waals surface area contributed by atoms with Crippen LogP contribution < -0.4 is 5.32 Å². The van der Waals surface area contributed by atoms with Crippen LogP contribution in [0, 0.1) is 0 Å². The summed E-state index contributed by atoms with van der Waals surface area (Å²) < 4.78 is 1.77. The molecule has 0 aromatic carbocycles. The molecule has 5 nitrogen and oxygen atoms in total. The molecule has 0 saturated heterocycles. The Labute approximate surface area is 90.4 Å². The van der Waals surface area contributed by atoms with E-state index in [1.54, 1.807) is 28.9 Å². The molecule has 0 atom stereocenters. The topological polar surface area (TPSA) is 63.5 Å². The summed E-state index contributed by atoms with van der Waals surface area (Å²) >= 11 is 0. The molecule has 0 bridgehead atoms. The molecule has 2 amide bonds. The third-order valence-electron chi connectivity index (χ3n) is 2.46. The standard InChI is InChI=1S/C11H7N3O2/c15-10-6-7(11(16)13-10)8-2-1-3-9-12-4-5-14(8)9/h1-6H,(H,13,15,16). The molecule has 1 aliphatic rings. The average molecular weight is 213 g/mol. The van der Waals surface area contributed by atoms with E-state index in [9.17, 15) is 9.59 Å². The number of pyridine rings is 1. The van der Waals surface area contributed by atoms with Gasteiger partial charge in [-0.1, -0.05) is 6.07 Å². The fourth-order valence-corrected chi connectivity index (χ4v) is 1.77. The van der Waals surface area contributed by atoms with Gasteiger partial charge in [-0.3, -0.25) is 19.3 Å². The molecule has 78 valence electrons. The molecule has 0 saturated carbocycles. The molecular formula is C11H7N3O2. The number of amides is 2. The van der Waals surface area contributed by atoms with Crippen LogP contribution in [0.3, 0.4) is 0 Å². The summed E-state index contributed by atoms with van der Waals surface area (Å²) in [7, 11) is 0. The van der Waals surface area contributed by atoms with Crippen LogP contribution in [-0.2, 0) is 9.59 Å². The molecule has 3 heterocycles. The second kappa shape index (κ2) is 3.03. The predicted octanol–water partition coefficient (Wildman–Crippen LogP) is 0.374. The van der Waals surface area contributed by atoms with Crippen molar-refractivity contribution in [2.24, 2.45) is 0 Å². The van der Waals surface area contributed by atoms with Gasteiger partial charge in [-0.2, -0.15) is 0 Å². The van der Waals surface area contributed by atoms with E-state index in [2.05, 4.69) is 10.3 Å². The molecule has 1 aliphatic heterocycles. The van der Waals surface area contributed by atoms with Crippen molar-refractivity contribution in [3.8, 4) is 0 Å². The molecule has 1 N–H and O–H groups in total. The van der Waals surface area contributed by atoms with Gasteiger partial charge in [0.25, 0.3) is 11.8 Å². The lowest BCUT2D eigenvalue weighted by atomic mass is 10.1. The molecule has 0 unspecified atom stereocenters. The van der Waals surface area contributed by atoms with Crippen molar-refractivity contribution in [3.63, 3.8) is 0 Å². The summed E-state index contributed by atoms with van der Waals surface area (Å²) in [6.45, 7) is 0. The number of carbonyl (C=O) groups excluding carboxylic acids is 2. The number of aromatic nitrogens is 2. The monoisotopic (exact) mass is 213 g/mol. The van der Waals surface area contributed by atoms with Crippen molar-refractivity contribution >= 4 is 23.0 Å². The number of nitrogens with zero attached hydrogens (tertiary/aromatic N) is 2. The van der Waals surface area contributed by atoms with Crippen LogP contribution in [0.5, 0.6) is 0 Å². The first kappa shape index (κ1) is 8.84. The number of fused-ring (bicyclic) bond motifs is 1. The molecule has 3 rings (SSSR count). The summed E-state index contributed by atoms with van der Waals surface area (Å²) in [5.41, 5.74) is 1.78. The highest BCUT2D eigenvalue weighted by Gasteiger charge is 2.23. The van der Waals surface area contributed by atoms with E-state index in [0.717, 1.165) is 5.65 Å². The maximum Gasteiger partial charge on any atom is 0.260 e. The van der Waals surface area contributed by atoms with Gasteiger partial charge < -0.3 is 0 Å². The van der Waals surface area contributed by atoms with E-state index >= 15 is 0 Å².